The topological polar surface area (TPSA) is 86.5 Å². The van der Waals surface area contributed by atoms with E-state index in [1.165, 1.54) is 13.2 Å². The van der Waals surface area contributed by atoms with E-state index in [0.717, 1.165) is 22.5 Å². The number of alkyl halides is 3. The van der Waals surface area contributed by atoms with Gasteiger partial charge in [-0.2, -0.15) is 13.2 Å². The first-order valence-electron chi connectivity index (χ1n) is 9.27. The molecule has 0 spiro atoms. The van der Waals surface area contributed by atoms with Crippen molar-refractivity contribution < 1.29 is 32.5 Å². The van der Waals surface area contributed by atoms with Gasteiger partial charge in [-0.1, -0.05) is 6.58 Å². The van der Waals surface area contributed by atoms with Crippen LogP contribution in [0.3, 0.4) is 0 Å². The number of aromatic nitrogens is 3. The first-order valence-corrected chi connectivity index (χ1v) is 9.27. The molecule has 1 aromatic heterocycles. The number of benzene rings is 2. The number of hydrogen-bond donors (Lipinski definition) is 1. The van der Waals surface area contributed by atoms with Gasteiger partial charge in [-0.3, -0.25) is 0 Å². The lowest BCUT2D eigenvalue weighted by Crippen LogP contribution is -2.07. The number of esters is 1. The van der Waals surface area contributed by atoms with Crippen molar-refractivity contribution in [2.75, 3.05) is 13.7 Å². The van der Waals surface area contributed by atoms with Crippen molar-refractivity contribution in [1.82, 2.24) is 15.0 Å². The molecular weight excluding hydrogens is 415 g/mol. The number of aromatic hydroxyl groups is 1. The van der Waals surface area contributed by atoms with Gasteiger partial charge in [0.15, 0.2) is 11.5 Å². The van der Waals surface area contributed by atoms with Gasteiger partial charge in [-0.15, -0.1) is 15.0 Å². The van der Waals surface area contributed by atoms with Crippen molar-refractivity contribution in [3.05, 3.63) is 53.6 Å². The number of nitrogens with zero attached hydrogens (tertiary/aromatic N) is 3. The van der Waals surface area contributed by atoms with Gasteiger partial charge in [-0.05, 0) is 55.7 Å². The molecule has 3 rings (SSSR count). The van der Waals surface area contributed by atoms with Crippen LogP contribution in [0.4, 0.5) is 13.2 Å². The molecule has 31 heavy (non-hydrogen) atoms. The van der Waals surface area contributed by atoms with Gasteiger partial charge in [-0.25, -0.2) is 4.79 Å². The van der Waals surface area contributed by atoms with Crippen LogP contribution >= 0.6 is 0 Å². The molecule has 0 aliphatic heterocycles. The number of phenolic OH excluding ortho intramolecular Hbond substituents is 1. The van der Waals surface area contributed by atoms with Crippen molar-refractivity contribution in [2.45, 2.75) is 25.9 Å². The summed E-state index contributed by atoms with van der Waals surface area (Å²) in [5.74, 6) is -0.574. The number of hydrogen-bond acceptors (Lipinski definition) is 6. The number of phenols is 1. The molecule has 0 amide bonds. The maximum absolute atomic E-state index is 13.0. The van der Waals surface area contributed by atoms with E-state index >= 15 is 0 Å². The summed E-state index contributed by atoms with van der Waals surface area (Å²) >= 11 is 0. The molecule has 0 aliphatic rings. The van der Waals surface area contributed by atoms with Crippen molar-refractivity contribution in [3.63, 3.8) is 0 Å². The highest BCUT2D eigenvalue weighted by Crippen LogP contribution is 2.35. The molecule has 0 atom stereocenters. The normalized spacial score (nSPS) is 11.5. The van der Waals surface area contributed by atoms with Crippen LogP contribution in [0.25, 0.3) is 16.7 Å². The summed E-state index contributed by atoms with van der Waals surface area (Å²) in [5.41, 5.74) is 0.617. The van der Waals surface area contributed by atoms with Gasteiger partial charge >= 0.3 is 12.1 Å². The van der Waals surface area contributed by atoms with Crippen LogP contribution in [-0.2, 0) is 22.1 Å². The Labute approximate surface area is 175 Å². The summed E-state index contributed by atoms with van der Waals surface area (Å²) in [5, 5.41) is 18.7. The highest BCUT2D eigenvalue weighted by Gasteiger charge is 2.31. The average molecular weight is 435 g/mol. The van der Waals surface area contributed by atoms with Crippen LogP contribution < -0.4 is 4.74 Å². The van der Waals surface area contributed by atoms with E-state index < -0.39 is 17.7 Å². The van der Waals surface area contributed by atoms with Gasteiger partial charge in [0.05, 0.1) is 19.3 Å². The predicted octanol–water partition coefficient (Wildman–Crippen LogP) is 4.21. The third kappa shape index (κ3) is 4.96. The first kappa shape index (κ1) is 22.1. The van der Waals surface area contributed by atoms with E-state index in [-0.39, 0.29) is 34.8 Å². The van der Waals surface area contributed by atoms with Crippen LogP contribution in [0, 0.1) is 0 Å². The number of fused-ring (bicyclic) bond motifs is 1. The number of aryl methyl sites for hydroxylation is 1. The minimum Gasteiger partial charge on any atom is -0.503 e. The molecule has 0 saturated carbocycles. The molecule has 0 saturated heterocycles. The highest BCUT2D eigenvalue weighted by molar-refractivity contribution is 5.86. The lowest BCUT2D eigenvalue weighted by Gasteiger charge is -2.11. The van der Waals surface area contributed by atoms with E-state index in [9.17, 15) is 23.1 Å². The Kier molecular flexibility index (Phi) is 6.19. The van der Waals surface area contributed by atoms with Crippen LogP contribution in [-0.4, -0.2) is 39.8 Å². The minimum absolute atomic E-state index is 0.0327. The molecule has 2 aromatic carbocycles. The zero-order valence-electron chi connectivity index (χ0n) is 16.9. The summed E-state index contributed by atoms with van der Waals surface area (Å²) < 4.78 is 49.1. The van der Waals surface area contributed by atoms with Crippen LogP contribution in [0.1, 0.15) is 24.5 Å². The third-order valence-electron chi connectivity index (χ3n) is 4.45. The molecule has 3 aromatic rings. The van der Waals surface area contributed by atoms with Crippen LogP contribution in [0.15, 0.2) is 42.5 Å². The largest absolute Gasteiger partial charge is 0.503 e. The molecule has 1 heterocycles. The van der Waals surface area contributed by atoms with Gasteiger partial charge in [0, 0.05) is 5.57 Å². The van der Waals surface area contributed by atoms with Gasteiger partial charge in [0.1, 0.15) is 16.7 Å². The second-order valence-corrected chi connectivity index (χ2v) is 6.88. The Bertz CT molecular complexity index is 1140. The van der Waals surface area contributed by atoms with Crippen molar-refractivity contribution in [1.29, 1.82) is 0 Å². The lowest BCUT2D eigenvalue weighted by atomic mass is 10.1. The quantitative estimate of drug-likeness (QED) is 0.340. The molecule has 0 radical (unpaired) electrons. The van der Waals surface area contributed by atoms with Gasteiger partial charge in [0.2, 0.25) is 0 Å². The maximum atomic E-state index is 13.0. The number of carbonyl (C=O) groups excluding carboxylic acids is 1. The molecule has 0 aliphatic carbocycles. The number of methoxy groups -OCH3 is 1. The monoisotopic (exact) mass is 435 g/mol. The summed E-state index contributed by atoms with van der Waals surface area (Å²) in [6.07, 6.45) is -3.53. The van der Waals surface area contributed by atoms with E-state index in [4.69, 9.17) is 9.47 Å². The van der Waals surface area contributed by atoms with Crippen LogP contribution in [0.2, 0.25) is 0 Å². The first-order chi connectivity index (χ1) is 14.6. The zero-order chi connectivity index (χ0) is 22.8. The van der Waals surface area contributed by atoms with Gasteiger partial charge < -0.3 is 14.6 Å². The molecule has 1 N–H and O–H groups in total. The summed E-state index contributed by atoms with van der Waals surface area (Å²) in [6.45, 7) is 5.24. The highest BCUT2D eigenvalue weighted by atomic mass is 19.4. The summed E-state index contributed by atoms with van der Waals surface area (Å²) in [6, 6.07) is 6.25. The molecule has 0 fully saturated rings. The fourth-order valence-corrected chi connectivity index (χ4v) is 2.86. The molecule has 164 valence electrons. The third-order valence-corrected chi connectivity index (χ3v) is 4.45. The number of rotatable bonds is 7. The SMILES string of the molecule is C=C(C)C(=O)OCCCc1cc(OC)c(O)c(-n2nc3ccc(C(F)(F)F)cc3n2)c1. The molecular formula is C21H20F3N3O4. The minimum atomic E-state index is -4.50. The fourth-order valence-electron chi connectivity index (χ4n) is 2.86. The Morgan fingerprint density at radius 2 is 1.90 bits per heavy atom. The Morgan fingerprint density at radius 3 is 2.55 bits per heavy atom. The van der Waals surface area contributed by atoms with Crippen LogP contribution in [0.5, 0.6) is 11.5 Å². The number of ether oxygens (including phenoxy) is 2. The van der Waals surface area contributed by atoms with Crippen molar-refractivity contribution in [3.8, 4) is 17.2 Å². The Morgan fingerprint density at radius 1 is 1.19 bits per heavy atom. The average Bonchev–Trinajstić information content (AvgIpc) is 3.14. The van der Waals surface area contributed by atoms with E-state index in [1.807, 2.05) is 0 Å². The smallest absolute Gasteiger partial charge is 0.416 e. The van der Waals surface area contributed by atoms with Crippen molar-refractivity contribution >= 4 is 17.0 Å². The standard InChI is InChI=1S/C21H20F3N3O4/c1-12(2)20(29)31-8-4-5-13-9-17(19(28)18(10-13)30-3)27-25-15-7-6-14(21(22,23)24)11-16(15)26-27/h6-7,9-11,28H,1,4-5,8H2,2-3H3. The fraction of sp³-hybridized carbons (Fsp3) is 0.286. The number of carbonyl (C=O) groups is 1. The summed E-state index contributed by atoms with van der Waals surface area (Å²) in [4.78, 5) is 12.5. The molecule has 0 unspecified atom stereocenters. The molecule has 7 nitrogen and oxygen atoms in total. The van der Waals surface area contributed by atoms with E-state index in [2.05, 4.69) is 16.8 Å². The van der Waals surface area contributed by atoms with E-state index in [0.29, 0.717) is 18.4 Å². The Hall–Kier alpha value is -3.56. The summed E-state index contributed by atoms with van der Waals surface area (Å²) in [7, 11) is 1.37. The van der Waals surface area contributed by atoms with Gasteiger partial charge in [0.25, 0.3) is 0 Å². The predicted molar refractivity (Wildman–Crippen MR) is 106 cm³/mol. The lowest BCUT2D eigenvalue weighted by molar-refractivity contribution is -0.139. The molecule has 0 bridgehead atoms. The molecule has 10 heteroatoms. The van der Waals surface area contributed by atoms with E-state index in [1.54, 1.807) is 19.1 Å². The second kappa shape index (κ2) is 8.66. The maximum Gasteiger partial charge on any atom is 0.416 e. The van der Waals surface area contributed by atoms with Crippen molar-refractivity contribution in [2.24, 2.45) is 0 Å². The number of halogens is 3. The Balaban J connectivity index is 1.89. The second-order valence-electron chi connectivity index (χ2n) is 6.88. The zero-order valence-corrected chi connectivity index (χ0v) is 16.9.